The predicted molar refractivity (Wildman–Crippen MR) is 95.5 cm³/mol. The molecular formula is C19H31N3O2. The summed E-state index contributed by atoms with van der Waals surface area (Å²) in [5, 5.41) is 7.01. The van der Waals surface area contributed by atoms with Crippen LogP contribution >= 0.6 is 0 Å². The van der Waals surface area contributed by atoms with E-state index in [1.54, 1.807) is 0 Å². The predicted octanol–water partition coefficient (Wildman–Crippen LogP) is 2.98. The van der Waals surface area contributed by atoms with Crippen LogP contribution < -0.4 is 10.6 Å². The SMILES string of the molecule is COC(=O)CC1[C@H]2CCC[C@@H](CCC2)[C@@H]1NC1=N[C@@H](C)NC=C1C. The summed E-state index contributed by atoms with van der Waals surface area (Å²) in [6.07, 6.45) is 10.2. The molecule has 0 saturated heterocycles. The maximum atomic E-state index is 12.0. The number of fused-ring (bicyclic) bond motifs is 3. The van der Waals surface area contributed by atoms with Crippen LogP contribution in [0.2, 0.25) is 0 Å². The zero-order valence-electron chi connectivity index (χ0n) is 15.2. The summed E-state index contributed by atoms with van der Waals surface area (Å²) < 4.78 is 5.00. The van der Waals surface area contributed by atoms with Crippen LogP contribution in [0.4, 0.5) is 0 Å². The van der Waals surface area contributed by atoms with Crippen molar-refractivity contribution in [1.82, 2.24) is 10.6 Å². The Labute approximate surface area is 145 Å². The van der Waals surface area contributed by atoms with E-state index in [-0.39, 0.29) is 12.1 Å². The monoisotopic (exact) mass is 333 g/mol. The number of hydrogen-bond donors (Lipinski definition) is 2. The van der Waals surface area contributed by atoms with Gasteiger partial charge in [-0.25, -0.2) is 4.99 Å². The molecule has 5 heteroatoms. The summed E-state index contributed by atoms with van der Waals surface area (Å²) in [5.41, 5.74) is 1.14. The molecular weight excluding hydrogens is 302 g/mol. The first-order valence-corrected chi connectivity index (χ1v) is 9.43. The molecule has 0 amide bonds. The van der Waals surface area contributed by atoms with E-state index < -0.39 is 0 Å². The van der Waals surface area contributed by atoms with Gasteiger partial charge in [0.15, 0.2) is 0 Å². The highest BCUT2D eigenvalue weighted by Crippen LogP contribution is 2.43. The number of nitrogens with zero attached hydrogens (tertiary/aromatic N) is 1. The van der Waals surface area contributed by atoms with Gasteiger partial charge in [0.1, 0.15) is 12.0 Å². The normalized spacial score (nSPS) is 35.9. The molecule has 1 heterocycles. The van der Waals surface area contributed by atoms with Crippen molar-refractivity contribution in [2.24, 2.45) is 22.7 Å². The lowest BCUT2D eigenvalue weighted by Crippen LogP contribution is -2.48. The van der Waals surface area contributed by atoms with Gasteiger partial charge in [-0.3, -0.25) is 4.79 Å². The van der Waals surface area contributed by atoms with E-state index in [4.69, 9.17) is 9.73 Å². The molecule has 2 aliphatic carbocycles. The van der Waals surface area contributed by atoms with Gasteiger partial charge in [0.05, 0.1) is 13.5 Å². The van der Waals surface area contributed by atoms with E-state index in [2.05, 4.69) is 24.5 Å². The first-order valence-electron chi connectivity index (χ1n) is 9.43. The van der Waals surface area contributed by atoms with Gasteiger partial charge in [-0.1, -0.05) is 25.7 Å². The first-order chi connectivity index (χ1) is 11.6. The quantitative estimate of drug-likeness (QED) is 0.780. The maximum absolute atomic E-state index is 12.0. The first kappa shape index (κ1) is 17.3. The zero-order valence-corrected chi connectivity index (χ0v) is 15.2. The Morgan fingerprint density at radius 3 is 2.62 bits per heavy atom. The summed E-state index contributed by atoms with van der Waals surface area (Å²) in [4.78, 5) is 16.8. The van der Waals surface area contributed by atoms with Crippen LogP contribution in [-0.2, 0) is 9.53 Å². The highest BCUT2D eigenvalue weighted by molar-refractivity contribution is 5.98. The number of aliphatic imine (C=N–C) groups is 1. The minimum Gasteiger partial charge on any atom is -0.469 e. The second-order valence-corrected chi connectivity index (χ2v) is 7.64. The van der Waals surface area contributed by atoms with Gasteiger partial charge in [-0.15, -0.1) is 0 Å². The van der Waals surface area contributed by atoms with Gasteiger partial charge in [-0.05, 0) is 44.4 Å². The Morgan fingerprint density at radius 1 is 1.29 bits per heavy atom. The number of ether oxygens (including phenoxy) is 1. The molecule has 3 rings (SSSR count). The number of rotatable bonds is 3. The third kappa shape index (κ3) is 3.76. The van der Waals surface area contributed by atoms with Gasteiger partial charge >= 0.3 is 5.97 Å². The lowest BCUT2D eigenvalue weighted by Gasteiger charge is -2.35. The van der Waals surface area contributed by atoms with Gasteiger partial charge in [0.25, 0.3) is 0 Å². The number of amidine groups is 1. The summed E-state index contributed by atoms with van der Waals surface area (Å²) >= 11 is 0. The van der Waals surface area contributed by atoms with Crippen molar-refractivity contribution < 1.29 is 9.53 Å². The third-order valence-electron chi connectivity index (χ3n) is 6.05. The molecule has 1 aliphatic heterocycles. The molecule has 5 nitrogen and oxygen atoms in total. The molecule has 2 N–H and O–H groups in total. The number of carbonyl (C=O) groups excluding carboxylic acids is 1. The molecule has 24 heavy (non-hydrogen) atoms. The maximum Gasteiger partial charge on any atom is 0.305 e. The topological polar surface area (TPSA) is 62.7 Å². The lowest BCUT2D eigenvalue weighted by atomic mass is 9.80. The lowest BCUT2D eigenvalue weighted by molar-refractivity contribution is -0.142. The van der Waals surface area contributed by atoms with Crippen molar-refractivity contribution in [2.45, 2.75) is 71.0 Å². The number of carbonyl (C=O) groups is 1. The average Bonchev–Trinajstić information content (AvgIpc) is 2.79. The Balaban J connectivity index is 1.85. The minimum atomic E-state index is -0.0766. The second kappa shape index (κ2) is 7.58. The third-order valence-corrected chi connectivity index (χ3v) is 6.05. The molecule has 3 aliphatic rings. The van der Waals surface area contributed by atoms with E-state index >= 15 is 0 Å². The fourth-order valence-corrected chi connectivity index (χ4v) is 4.75. The summed E-state index contributed by atoms with van der Waals surface area (Å²) in [6.45, 7) is 4.14. The van der Waals surface area contributed by atoms with E-state index in [1.807, 2.05) is 6.20 Å². The fourth-order valence-electron chi connectivity index (χ4n) is 4.75. The highest BCUT2D eigenvalue weighted by atomic mass is 16.5. The number of hydrogen-bond acceptors (Lipinski definition) is 5. The Kier molecular flexibility index (Phi) is 5.47. The van der Waals surface area contributed by atoms with Gasteiger partial charge in [-0.2, -0.15) is 0 Å². The Bertz CT molecular complexity index is 519. The zero-order chi connectivity index (χ0) is 17.1. The van der Waals surface area contributed by atoms with Crippen molar-refractivity contribution in [2.75, 3.05) is 7.11 Å². The van der Waals surface area contributed by atoms with Crippen LogP contribution in [0, 0.1) is 17.8 Å². The van der Waals surface area contributed by atoms with Gasteiger partial charge in [0, 0.05) is 17.8 Å². The summed E-state index contributed by atoms with van der Waals surface area (Å²) in [5.74, 6) is 2.53. The fraction of sp³-hybridized carbons (Fsp3) is 0.789. The molecule has 1 unspecified atom stereocenters. The van der Waals surface area contributed by atoms with E-state index in [1.165, 1.54) is 45.6 Å². The molecule has 2 bridgehead atoms. The molecule has 0 spiro atoms. The van der Waals surface area contributed by atoms with Crippen LogP contribution in [0.25, 0.3) is 0 Å². The standard InChI is InChI=1S/C19H31N3O2/c1-12-11-20-13(2)21-19(12)22-18-15-8-4-6-14(7-5-9-15)16(18)10-17(23)24-3/h11,13-16,18,20H,4-10H2,1-3H3,(H,21,22)/t13-,14-,15-,16?,18-/m0/s1. The molecule has 2 saturated carbocycles. The summed E-state index contributed by atoms with van der Waals surface area (Å²) in [7, 11) is 1.50. The van der Waals surface area contributed by atoms with E-state index in [0.29, 0.717) is 30.2 Å². The van der Waals surface area contributed by atoms with Crippen molar-refractivity contribution in [3.63, 3.8) is 0 Å². The molecule has 0 aromatic carbocycles. The molecule has 3 atom stereocenters. The number of nitrogens with one attached hydrogen (secondary N) is 2. The molecule has 2 fully saturated rings. The molecule has 0 aromatic rings. The van der Waals surface area contributed by atoms with Crippen LogP contribution in [0.3, 0.4) is 0 Å². The Morgan fingerprint density at radius 2 is 1.96 bits per heavy atom. The van der Waals surface area contributed by atoms with Crippen molar-refractivity contribution in [1.29, 1.82) is 0 Å². The van der Waals surface area contributed by atoms with Gasteiger partial charge < -0.3 is 15.4 Å². The van der Waals surface area contributed by atoms with Gasteiger partial charge in [0.2, 0.25) is 0 Å². The van der Waals surface area contributed by atoms with E-state index in [9.17, 15) is 4.79 Å². The molecule has 0 aromatic heterocycles. The smallest absolute Gasteiger partial charge is 0.305 e. The molecule has 0 radical (unpaired) electrons. The van der Waals surface area contributed by atoms with E-state index in [0.717, 1.165) is 11.4 Å². The van der Waals surface area contributed by atoms with Crippen LogP contribution in [-0.4, -0.2) is 31.1 Å². The van der Waals surface area contributed by atoms with Crippen molar-refractivity contribution >= 4 is 11.8 Å². The molecule has 134 valence electrons. The largest absolute Gasteiger partial charge is 0.469 e. The Hall–Kier alpha value is -1.52. The average molecular weight is 333 g/mol. The van der Waals surface area contributed by atoms with Crippen LogP contribution in [0.5, 0.6) is 0 Å². The van der Waals surface area contributed by atoms with Crippen LogP contribution in [0.15, 0.2) is 16.8 Å². The minimum absolute atomic E-state index is 0.0766. The highest BCUT2D eigenvalue weighted by Gasteiger charge is 2.41. The van der Waals surface area contributed by atoms with Crippen LogP contribution in [0.1, 0.15) is 58.8 Å². The van der Waals surface area contributed by atoms with Crippen molar-refractivity contribution in [3.05, 3.63) is 11.8 Å². The number of esters is 1. The van der Waals surface area contributed by atoms with Crippen molar-refractivity contribution in [3.8, 4) is 0 Å². The second-order valence-electron chi connectivity index (χ2n) is 7.64. The number of methoxy groups -OCH3 is 1. The summed E-state index contributed by atoms with van der Waals surface area (Å²) in [6, 6.07) is 0.325.